The number of rotatable bonds is 4. The fourth-order valence-electron chi connectivity index (χ4n) is 3.83. The zero-order valence-electron chi connectivity index (χ0n) is 17.2. The van der Waals surface area contributed by atoms with E-state index in [4.69, 9.17) is 0 Å². The van der Waals surface area contributed by atoms with Crippen molar-refractivity contribution < 1.29 is 18.4 Å². The van der Waals surface area contributed by atoms with Crippen LogP contribution in [-0.2, 0) is 12.8 Å². The second-order valence-electron chi connectivity index (χ2n) is 7.55. The van der Waals surface area contributed by atoms with Crippen molar-refractivity contribution in [1.29, 1.82) is 0 Å². The third kappa shape index (κ3) is 4.03. The maximum atomic E-state index is 14.2. The van der Waals surface area contributed by atoms with Crippen LogP contribution in [-0.4, -0.2) is 30.4 Å². The summed E-state index contributed by atoms with van der Waals surface area (Å²) in [5, 5.41) is 2.59. The minimum atomic E-state index is -0.861. The molecule has 2 amide bonds. The van der Waals surface area contributed by atoms with E-state index >= 15 is 0 Å². The third-order valence-electron chi connectivity index (χ3n) is 5.52. The normalized spacial score (nSPS) is 13.2. The third-order valence-corrected chi connectivity index (χ3v) is 5.52. The second-order valence-corrected chi connectivity index (χ2v) is 7.55. The van der Waals surface area contributed by atoms with E-state index < -0.39 is 11.6 Å². The van der Waals surface area contributed by atoms with E-state index in [2.05, 4.69) is 10.3 Å². The van der Waals surface area contributed by atoms with Gasteiger partial charge in [-0.25, -0.2) is 13.8 Å². The quantitative estimate of drug-likeness (QED) is 0.697. The van der Waals surface area contributed by atoms with Crippen LogP contribution in [0.1, 0.15) is 43.0 Å². The van der Waals surface area contributed by atoms with Crippen LogP contribution < -0.4 is 10.2 Å². The van der Waals surface area contributed by atoms with Crippen LogP contribution in [0.15, 0.2) is 48.7 Å². The first-order valence-corrected chi connectivity index (χ1v) is 9.93. The zero-order valence-corrected chi connectivity index (χ0v) is 17.2. The number of hydrogen-bond acceptors (Lipinski definition) is 3. The molecule has 0 radical (unpaired) electrons. The average Bonchev–Trinajstić information content (AvgIpc) is 2.76. The Balaban J connectivity index is 1.63. The highest BCUT2D eigenvalue weighted by Crippen LogP contribution is 2.28. The lowest BCUT2D eigenvalue weighted by Gasteiger charge is -2.29. The van der Waals surface area contributed by atoms with Gasteiger partial charge in [0.05, 0.1) is 6.20 Å². The number of hydrogen-bond donors (Lipinski definition) is 1. The minimum absolute atomic E-state index is 0.149. The highest BCUT2D eigenvalue weighted by atomic mass is 19.1. The average molecular weight is 421 g/mol. The maximum Gasteiger partial charge on any atom is 0.259 e. The highest BCUT2D eigenvalue weighted by Gasteiger charge is 2.29. The molecule has 0 unspecified atom stereocenters. The fraction of sp³-hybridized carbons (Fsp3) is 0.208. The molecular formula is C24H21F2N3O2. The Hall–Kier alpha value is -3.61. The highest BCUT2D eigenvalue weighted by molar-refractivity contribution is 6.08. The van der Waals surface area contributed by atoms with Gasteiger partial charge in [0.15, 0.2) is 11.6 Å². The summed E-state index contributed by atoms with van der Waals surface area (Å²) in [6.07, 6.45) is 2.05. The number of nitrogens with zero attached hydrogens (tertiary/aromatic N) is 2. The van der Waals surface area contributed by atoms with E-state index in [1.165, 1.54) is 4.90 Å². The number of nitrogens with one attached hydrogen (secondary N) is 1. The van der Waals surface area contributed by atoms with Crippen molar-refractivity contribution in [3.63, 3.8) is 0 Å². The van der Waals surface area contributed by atoms with Gasteiger partial charge >= 0.3 is 0 Å². The molecule has 1 aromatic heterocycles. The van der Waals surface area contributed by atoms with Gasteiger partial charge in [0, 0.05) is 30.8 Å². The topological polar surface area (TPSA) is 62.3 Å². The summed E-state index contributed by atoms with van der Waals surface area (Å²) in [5.74, 6) is -2.31. The Morgan fingerprint density at radius 3 is 2.58 bits per heavy atom. The number of pyridine rings is 1. The summed E-state index contributed by atoms with van der Waals surface area (Å²) in [6, 6.07) is 11.9. The van der Waals surface area contributed by atoms with Gasteiger partial charge < -0.3 is 5.32 Å². The van der Waals surface area contributed by atoms with Crippen molar-refractivity contribution in [2.24, 2.45) is 0 Å². The van der Waals surface area contributed by atoms with Gasteiger partial charge in [0.1, 0.15) is 5.82 Å². The van der Waals surface area contributed by atoms with Gasteiger partial charge in [-0.3, -0.25) is 14.5 Å². The van der Waals surface area contributed by atoms with Gasteiger partial charge in [-0.2, -0.15) is 0 Å². The van der Waals surface area contributed by atoms with Crippen molar-refractivity contribution in [3.05, 3.63) is 93.7 Å². The molecule has 3 aromatic rings. The van der Waals surface area contributed by atoms with Crippen LogP contribution in [0.4, 0.5) is 14.6 Å². The van der Waals surface area contributed by atoms with Crippen LogP contribution in [0.5, 0.6) is 0 Å². The molecule has 1 N–H and O–H groups in total. The lowest BCUT2D eigenvalue weighted by atomic mass is 9.91. The first-order chi connectivity index (χ1) is 14.9. The number of amides is 2. The molecule has 0 aliphatic carbocycles. The van der Waals surface area contributed by atoms with Crippen molar-refractivity contribution in [2.45, 2.75) is 19.8 Å². The number of fused-ring (bicyclic) bond motifs is 1. The number of benzene rings is 2. The smallest absolute Gasteiger partial charge is 0.259 e. The van der Waals surface area contributed by atoms with Crippen LogP contribution >= 0.6 is 0 Å². The largest absolute Gasteiger partial charge is 0.355 e. The van der Waals surface area contributed by atoms with Gasteiger partial charge in [-0.1, -0.05) is 18.2 Å². The van der Waals surface area contributed by atoms with Crippen molar-refractivity contribution >= 4 is 17.6 Å². The predicted molar refractivity (Wildman–Crippen MR) is 113 cm³/mol. The summed E-state index contributed by atoms with van der Waals surface area (Å²) in [6.45, 7) is 2.27. The molecular weight excluding hydrogens is 400 g/mol. The molecule has 0 saturated heterocycles. The van der Waals surface area contributed by atoms with E-state index in [1.807, 2.05) is 31.2 Å². The molecule has 0 fully saturated rings. The molecule has 5 nitrogen and oxygen atoms in total. The van der Waals surface area contributed by atoms with E-state index in [1.54, 1.807) is 19.2 Å². The lowest BCUT2D eigenvalue weighted by Crippen LogP contribution is -2.39. The van der Waals surface area contributed by atoms with Crippen molar-refractivity contribution in [2.75, 3.05) is 18.5 Å². The molecule has 0 saturated carbocycles. The minimum Gasteiger partial charge on any atom is -0.355 e. The SMILES string of the molecule is CNC(=O)c1ccc(Cc2cc3c(cc2C)CCN(c2ncc(F)cc2F)C3=O)cc1. The fourth-order valence-corrected chi connectivity index (χ4v) is 3.83. The number of carbonyl (C=O) groups excluding carboxylic acids is 2. The monoisotopic (exact) mass is 421 g/mol. The van der Waals surface area contributed by atoms with E-state index in [9.17, 15) is 18.4 Å². The van der Waals surface area contributed by atoms with Gasteiger partial charge in [0.25, 0.3) is 11.8 Å². The Bertz CT molecular complexity index is 1180. The summed E-state index contributed by atoms with van der Waals surface area (Å²) >= 11 is 0. The summed E-state index contributed by atoms with van der Waals surface area (Å²) in [5.41, 5.74) is 5.00. The maximum absolute atomic E-state index is 14.2. The first kappa shape index (κ1) is 20.7. The van der Waals surface area contributed by atoms with Gasteiger partial charge in [0.2, 0.25) is 0 Å². The molecule has 4 rings (SSSR count). The first-order valence-electron chi connectivity index (χ1n) is 9.93. The van der Waals surface area contributed by atoms with E-state index in [-0.39, 0.29) is 24.2 Å². The van der Waals surface area contributed by atoms with E-state index in [0.717, 1.165) is 34.5 Å². The number of anilines is 1. The molecule has 0 bridgehead atoms. The van der Waals surface area contributed by atoms with Crippen molar-refractivity contribution in [1.82, 2.24) is 10.3 Å². The zero-order chi connectivity index (χ0) is 22.1. The Morgan fingerprint density at radius 2 is 1.90 bits per heavy atom. The van der Waals surface area contributed by atoms with Gasteiger partial charge in [-0.05, 0) is 60.2 Å². The molecule has 7 heteroatoms. The summed E-state index contributed by atoms with van der Waals surface area (Å²) in [4.78, 5) is 29.9. The predicted octanol–water partition coefficient (Wildman–Crippen LogP) is 3.82. The number of halogens is 2. The standard InChI is InChI=1S/C24H21F2N3O2/c1-14-9-17-7-8-29(22-21(26)12-19(25)13-28-22)24(31)20(17)11-18(14)10-15-3-5-16(6-4-15)23(30)27-2/h3-6,9,11-13H,7-8,10H2,1-2H3,(H,27,30). The Kier molecular flexibility index (Phi) is 5.50. The lowest BCUT2D eigenvalue weighted by molar-refractivity contribution is 0.0959. The Labute approximate surface area is 178 Å². The second kappa shape index (κ2) is 8.26. The molecule has 0 spiro atoms. The number of aromatic nitrogens is 1. The summed E-state index contributed by atoms with van der Waals surface area (Å²) in [7, 11) is 1.58. The van der Waals surface area contributed by atoms with Crippen LogP contribution in [0.3, 0.4) is 0 Å². The molecule has 1 aliphatic heterocycles. The molecule has 158 valence electrons. The van der Waals surface area contributed by atoms with Crippen LogP contribution in [0, 0.1) is 18.6 Å². The van der Waals surface area contributed by atoms with Crippen molar-refractivity contribution in [3.8, 4) is 0 Å². The number of carbonyl (C=O) groups is 2. The van der Waals surface area contributed by atoms with E-state index in [0.29, 0.717) is 24.0 Å². The Morgan fingerprint density at radius 1 is 1.16 bits per heavy atom. The van der Waals surface area contributed by atoms with Gasteiger partial charge in [-0.15, -0.1) is 0 Å². The summed E-state index contributed by atoms with van der Waals surface area (Å²) < 4.78 is 27.4. The number of aryl methyl sites for hydroxylation is 1. The molecule has 2 heterocycles. The molecule has 1 aliphatic rings. The molecule has 2 aromatic carbocycles. The van der Waals surface area contributed by atoms with Crippen LogP contribution in [0.2, 0.25) is 0 Å². The van der Waals surface area contributed by atoms with Crippen LogP contribution in [0.25, 0.3) is 0 Å². The molecule has 0 atom stereocenters. The molecule has 31 heavy (non-hydrogen) atoms.